The Morgan fingerprint density at radius 2 is 0.718 bits per heavy atom. The van der Waals surface area contributed by atoms with Gasteiger partial charge < -0.3 is 41.0 Å². The van der Waals surface area contributed by atoms with Crippen molar-refractivity contribution in [3.05, 3.63) is 229 Å². The van der Waals surface area contributed by atoms with Crippen molar-refractivity contribution in [1.29, 1.82) is 0 Å². The number of hydrogen-bond donors (Lipinski definition) is 6. The van der Waals surface area contributed by atoms with Crippen LogP contribution in [0.2, 0.25) is 0 Å². The highest BCUT2D eigenvalue weighted by molar-refractivity contribution is 6.13. The van der Waals surface area contributed by atoms with E-state index in [1.807, 2.05) is 60.7 Å². The molecule has 0 atom stereocenters. The molecule has 6 N–H and O–H groups in total. The Balaban J connectivity index is 0.830. The van der Waals surface area contributed by atoms with Crippen molar-refractivity contribution in [2.24, 2.45) is 20.5 Å². The molecule has 0 aliphatic carbocycles. The molecule has 10 rings (SSSR count). The number of amides is 4. The van der Waals surface area contributed by atoms with E-state index in [9.17, 15) is 29.4 Å². The summed E-state index contributed by atoms with van der Waals surface area (Å²) in [5.41, 5.74) is 4.80. The number of ether oxygens (including phenoxy) is 2. The van der Waals surface area contributed by atoms with Crippen LogP contribution in [0.25, 0.3) is 32.7 Å². The third kappa shape index (κ3) is 11.1. The molecule has 0 bridgehead atoms. The predicted molar refractivity (Wildman–Crippen MR) is 302 cm³/mol. The van der Waals surface area contributed by atoms with Crippen LogP contribution in [0.5, 0.6) is 23.0 Å². The van der Waals surface area contributed by atoms with E-state index < -0.39 is 23.3 Å². The van der Waals surface area contributed by atoms with Crippen molar-refractivity contribution in [1.82, 2.24) is 0 Å². The maximum atomic E-state index is 13.9. The number of phenols is 2. The molecule has 16 heteroatoms. The Labute approximate surface area is 446 Å². The number of fused-ring (bicyclic) bond motifs is 2. The minimum absolute atomic E-state index is 0.0432. The molecule has 16 nitrogen and oxygen atoms in total. The average molecular weight is 1030 g/mol. The summed E-state index contributed by atoms with van der Waals surface area (Å²) < 4.78 is 11.0. The molecular weight excluding hydrogens is 985 g/mol. The summed E-state index contributed by atoms with van der Waals surface area (Å²) in [6.45, 7) is 0. The second kappa shape index (κ2) is 22.6. The minimum Gasteiger partial charge on any atom is -0.505 e. The molecule has 0 unspecified atom stereocenters. The normalized spacial score (nSPS) is 11.2. The van der Waals surface area contributed by atoms with E-state index in [-0.39, 0.29) is 45.7 Å². The molecule has 382 valence electrons. The van der Waals surface area contributed by atoms with Gasteiger partial charge >= 0.3 is 0 Å². The van der Waals surface area contributed by atoms with Crippen molar-refractivity contribution >= 4 is 90.7 Å². The Bertz CT molecular complexity index is 3720. The van der Waals surface area contributed by atoms with Crippen LogP contribution >= 0.6 is 0 Å². The van der Waals surface area contributed by atoms with Crippen molar-refractivity contribution in [2.45, 2.75) is 0 Å². The van der Waals surface area contributed by atoms with Gasteiger partial charge in [-0.2, -0.15) is 0 Å². The molecular formula is C62H46N8O8. The lowest BCUT2D eigenvalue weighted by molar-refractivity contribution is 0.101. The second-order valence-electron chi connectivity index (χ2n) is 17.6. The Hall–Kier alpha value is -11.0. The lowest BCUT2D eigenvalue weighted by Crippen LogP contribution is -2.12. The summed E-state index contributed by atoms with van der Waals surface area (Å²) in [4.78, 5) is 54.0. The number of methoxy groups -OCH3 is 2. The largest absolute Gasteiger partial charge is 0.505 e. The van der Waals surface area contributed by atoms with Gasteiger partial charge in [-0.25, -0.2) is 0 Å². The third-order valence-electron chi connectivity index (χ3n) is 12.6. The third-order valence-corrected chi connectivity index (χ3v) is 12.6. The smallest absolute Gasteiger partial charge is 0.259 e. The Kier molecular flexibility index (Phi) is 14.7. The molecule has 0 spiro atoms. The fraction of sp³-hybridized carbons (Fsp3) is 0.0323. The number of carbonyl (C=O) groups excluding carboxylic acids is 4. The van der Waals surface area contributed by atoms with Gasteiger partial charge in [-0.15, -0.1) is 20.5 Å². The first kappa shape index (κ1) is 50.5. The number of nitrogens with one attached hydrogen (secondary N) is 4. The fourth-order valence-electron chi connectivity index (χ4n) is 8.55. The highest BCUT2D eigenvalue weighted by atomic mass is 16.5. The molecule has 0 saturated heterocycles. The molecule has 0 saturated carbocycles. The number of azo groups is 2. The minimum atomic E-state index is -0.594. The number of benzene rings is 10. The maximum absolute atomic E-state index is 13.9. The van der Waals surface area contributed by atoms with E-state index in [0.29, 0.717) is 66.9 Å². The summed E-state index contributed by atoms with van der Waals surface area (Å²) in [6, 6.07) is 59.1. The number of aromatic hydroxyl groups is 2. The number of para-hydroxylation sites is 2. The number of hydrogen-bond acceptors (Lipinski definition) is 12. The van der Waals surface area contributed by atoms with Crippen LogP contribution < -0.4 is 30.7 Å². The Morgan fingerprint density at radius 1 is 0.372 bits per heavy atom. The molecule has 0 aromatic heterocycles. The SMILES string of the molecule is COc1ccc(C(=O)Nc2ccccc2)cc1N=Nc1c(O)c(C(=O)Nc2ccc(-c3ccc(NC(=O)c4cc5ccccc5c(N=Nc5cc(C(=O)Nc6ccccc6)ccc5OC)c4O)cc3)cc2)cc2ccccc12. The second-order valence-corrected chi connectivity index (χ2v) is 17.6. The van der Waals surface area contributed by atoms with E-state index in [2.05, 4.69) is 41.7 Å². The average Bonchev–Trinajstić information content (AvgIpc) is 3.48. The van der Waals surface area contributed by atoms with Gasteiger partial charge in [0.15, 0.2) is 11.5 Å². The van der Waals surface area contributed by atoms with Crippen LogP contribution in [-0.4, -0.2) is 48.1 Å². The topological polar surface area (TPSA) is 225 Å². The summed E-state index contributed by atoms with van der Waals surface area (Å²) in [7, 11) is 2.93. The van der Waals surface area contributed by atoms with Crippen molar-refractivity contribution in [3.63, 3.8) is 0 Å². The molecule has 0 heterocycles. The lowest BCUT2D eigenvalue weighted by atomic mass is 10.0. The monoisotopic (exact) mass is 1030 g/mol. The molecule has 0 aliphatic heterocycles. The van der Waals surface area contributed by atoms with Gasteiger partial charge in [-0.05, 0) is 119 Å². The van der Waals surface area contributed by atoms with Gasteiger partial charge in [0.1, 0.15) is 34.2 Å². The van der Waals surface area contributed by atoms with E-state index in [1.54, 1.807) is 133 Å². The first-order valence-electron chi connectivity index (χ1n) is 24.3. The number of anilines is 4. The molecule has 0 fully saturated rings. The van der Waals surface area contributed by atoms with Crippen LogP contribution in [0.4, 0.5) is 45.5 Å². The van der Waals surface area contributed by atoms with Crippen molar-refractivity contribution in [2.75, 3.05) is 35.5 Å². The molecule has 10 aromatic carbocycles. The van der Waals surface area contributed by atoms with Crippen LogP contribution in [0, 0.1) is 0 Å². The number of rotatable bonds is 15. The van der Waals surface area contributed by atoms with Crippen LogP contribution in [0.15, 0.2) is 227 Å². The highest BCUT2D eigenvalue weighted by Crippen LogP contribution is 2.43. The van der Waals surface area contributed by atoms with Crippen LogP contribution in [0.3, 0.4) is 0 Å². The molecule has 78 heavy (non-hydrogen) atoms. The zero-order chi connectivity index (χ0) is 54.1. The summed E-state index contributed by atoms with van der Waals surface area (Å²) in [5.74, 6) is -2.05. The summed E-state index contributed by atoms with van der Waals surface area (Å²) in [6.07, 6.45) is 0. The summed E-state index contributed by atoms with van der Waals surface area (Å²) in [5, 5.41) is 54.6. The predicted octanol–water partition coefficient (Wildman–Crippen LogP) is 14.9. The van der Waals surface area contributed by atoms with E-state index in [0.717, 1.165) is 11.1 Å². The van der Waals surface area contributed by atoms with E-state index in [1.165, 1.54) is 26.4 Å². The summed E-state index contributed by atoms with van der Waals surface area (Å²) >= 11 is 0. The molecule has 4 amide bonds. The molecule has 0 radical (unpaired) electrons. The first-order valence-corrected chi connectivity index (χ1v) is 24.3. The zero-order valence-corrected chi connectivity index (χ0v) is 41.8. The van der Waals surface area contributed by atoms with E-state index >= 15 is 0 Å². The van der Waals surface area contributed by atoms with Crippen LogP contribution in [-0.2, 0) is 0 Å². The van der Waals surface area contributed by atoms with Gasteiger partial charge in [0.05, 0.1) is 25.3 Å². The fourth-order valence-corrected chi connectivity index (χ4v) is 8.55. The molecule has 10 aromatic rings. The van der Waals surface area contributed by atoms with Gasteiger partial charge in [-0.1, -0.05) is 109 Å². The van der Waals surface area contributed by atoms with Gasteiger partial charge in [0.25, 0.3) is 23.6 Å². The van der Waals surface area contributed by atoms with Crippen molar-refractivity contribution in [3.8, 4) is 34.1 Å². The Morgan fingerprint density at radius 3 is 1.10 bits per heavy atom. The van der Waals surface area contributed by atoms with Gasteiger partial charge in [0.2, 0.25) is 0 Å². The first-order chi connectivity index (χ1) is 38.0. The van der Waals surface area contributed by atoms with Crippen molar-refractivity contribution < 1.29 is 38.9 Å². The van der Waals surface area contributed by atoms with Gasteiger partial charge in [-0.3, -0.25) is 19.2 Å². The number of phenolic OH excluding ortho intramolecular Hbond substituents is 2. The van der Waals surface area contributed by atoms with Crippen LogP contribution in [0.1, 0.15) is 41.4 Å². The maximum Gasteiger partial charge on any atom is 0.259 e. The molecule has 0 aliphatic rings. The zero-order valence-electron chi connectivity index (χ0n) is 41.8. The van der Waals surface area contributed by atoms with Gasteiger partial charge in [0, 0.05) is 44.6 Å². The standard InChI is InChI=1S/C62H46N8O8/c1-77-53-31-25-41(59(73)63-43-15-5-3-6-16-43)35-51(53)67-69-55-47-19-11-9-13-39(47)33-49(57(55)71)61(75)65-45-27-21-37(22-28-45)38-23-29-46(30-24-38)66-62(76)50-34-40-14-10-12-20-48(40)56(58(50)72)70-68-52-36-42(26-32-54(52)78-2)60(74)64-44-17-7-4-8-18-44/h3-36,71-72H,1-2H3,(H,63,73)(H,64,74)(H,65,75)(H,66,76). The van der Waals surface area contributed by atoms with E-state index in [4.69, 9.17) is 9.47 Å². The highest BCUT2D eigenvalue weighted by Gasteiger charge is 2.22. The quantitative estimate of drug-likeness (QED) is 0.0540. The number of nitrogens with zero attached hydrogens (tertiary/aromatic N) is 4. The number of carbonyl (C=O) groups is 4. The lowest BCUT2D eigenvalue weighted by Gasteiger charge is -2.13.